The Balaban J connectivity index is 2.38. The zero-order chi connectivity index (χ0) is 15.6. The first-order valence-electron chi connectivity index (χ1n) is 6.88. The maximum Gasteiger partial charge on any atom is 0.161 e. The minimum absolute atomic E-state index is 0.154. The summed E-state index contributed by atoms with van der Waals surface area (Å²) < 4.78 is 6.40. The highest BCUT2D eigenvalue weighted by atomic mass is 79.9. The molecule has 0 aliphatic rings. The van der Waals surface area contributed by atoms with Crippen LogP contribution in [0.4, 0.5) is 0 Å². The van der Waals surface area contributed by atoms with Crippen LogP contribution in [0.25, 0.3) is 11.4 Å². The van der Waals surface area contributed by atoms with Crippen molar-refractivity contribution in [3.63, 3.8) is 0 Å². The van der Waals surface area contributed by atoms with Crippen LogP contribution in [0.1, 0.15) is 39.3 Å². The summed E-state index contributed by atoms with van der Waals surface area (Å²) in [5.41, 5.74) is 1.83. The first-order valence-corrected chi connectivity index (χ1v) is 8.05. The first-order chi connectivity index (χ1) is 9.88. The predicted molar refractivity (Wildman–Crippen MR) is 90.0 cm³/mol. The number of benzene rings is 1. The molecule has 0 spiro atoms. The van der Waals surface area contributed by atoms with E-state index in [-0.39, 0.29) is 12.0 Å². The zero-order valence-corrected chi connectivity index (χ0v) is 14.9. The van der Waals surface area contributed by atoms with Crippen molar-refractivity contribution in [1.29, 1.82) is 0 Å². The van der Waals surface area contributed by atoms with E-state index in [1.54, 1.807) is 0 Å². The van der Waals surface area contributed by atoms with Crippen LogP contribution in [-0.4, -0.2) is 16.1 Å². The van der Waals surface area contributed by atoms with E-state index in [9.17, 15) is 0 Å². The lowest BCUT2D eigenvalue weighted by Crippen LogP contribution is -2.05. The van der Waals surface area contributed by atoms with Crippen LogP contribution in [0, 0.1) is 0 Å². The van der Waals surface area contributed by atoms with Crippen LogP contribution in [0.2, 0.25) is 5.15 Å². The largest absolute Gasteiger partial charge is 0.491 e. The molecule has 21 heavy (non-hydrogen) atoms. The van der Waals surface area contributed by atoms with Gasteiger partial charge in [0.1, 0.15) is 10.9 Å². The summed E-state index contributed by atoms with van der Waals surface area (Å²) >= 11 is 9.64. The number of rotatable bonds is 4. The standard InChI is InChI=1S/C16H18BrClN2O/c1-9(2)14-13(17)15(18)20-16(19-14)11-5-7-12(8-6-11)21-10(3)4/h5-10H,1-4H3. The number of aromatic nitrogens is 2. The van der Waals surface area contributed by atoms with E-state index in [0.29, 0.717) is 11.0 Å². The topological polar surface area (TPSA) is 35.0 Å². The molecule has 0 unspecified atom stereocenters. The van der Waals surface area contributed by atoms with E-state index in [2.05, 4.69) is 39.7 Å². The number of ether oxygens (including phenoxy) is 1. The second-order valence-electron chi connectivity index (χ2n) is 5.38. The molecule has 0 aliphatic heterocycles. The molecule has 1 aromatic carbocycles. The van der Waals surface area contributed by atoms with Gasteiger partial charge in [-0.25, -0.2) is 9.97 Å². The molecule has 0 amide bonds. The van der Waals surface area contributed by atoms with Crippen LogP contribution < -0.4 is 4.74 Å². The van der Waals surface area contributed by atoms with Gasteiger partial charge in [-0.3, -0.25) is 0 Å². The van der Waals surface area contributed by atoms with Crippen LogP contribution in [-0.2, 0) is 0 Å². The lowest BCUT2D eigenvalue weighted by molar-refractivity contribution is 0.242. The van der Waals surface area contributed by atoms with Crippen molar-refractivity contribution >= 4 is 27.5 Å². The fraction of sp³-hybridized carbons (Fsp3) is 0.375. The van der Waals surface area contributed by atoms with Gasteiger partial charge in [-0.2, -0.15) is 0 Å². The quantitative estimate of drug-likeness (QED) is 0.670. The van der Waals surface area contributed by atoms with E-state index in [0.717, 1.165) is 21.5 Å². The number of halogens is 2. The Morgan fingerprint density at radius 1 is 1.05 bits per heavy atom. The lowest BCUT2D eigenvalue weighted by atomic mass is 10.1. The highest BCUT2D eigenvalue weighted by Crippen LogP contribution is 2.31. The summed E-state index contributed by atoms with van der Waals surface area (Å²) in [7, 11) is 0. The smallest absolute Gasteiger partial charge is 0.161 e. The molecule has 112 valence electrons. The second-order valence-corrected chi connectivity index (χ2v) is 6.53. The third-order valence-electron chi connectivity index (χ3n) is 2.87. The molecular weight excluding hydrogens is 352 g/mol. The monoisotopic (exact) mass is 368 g/mol. The molecular formula is C16H18BrClN2O. The fourth-order valence-electron chi connectivity index (χ4n) is 1.90. The van der Waals surface area contributed by atoms with Crippen LogP contribution in [0.15, 0.2) is 28.7 Å². The van der Waals surface area contributed by atoms with Gasteiger partial charge in [-0.05, 0) is 60.0 Å². The third kappa shape index (κ3) is 3.95. The summed E-state index contributed by atoms with van der Waals surface area (Å²) in [6, 6.07) is 7.73. The van der Waals surface area contributed by atoms with Gasteiger partial charge in [0.2, 0.25) is 0 Å². The van der Waals surface area contributed by atoms with Crippen LogP contribution in [0.5, 0.6) is 5.75 Å². The second kappa shape index (κ2) is 6.75. The minimum atomic E-state index is 0.154. The van der Waals surface area contributed by atoms with E-state index >= 15 is 0 Å². The highest BCUT2D eigenvalue weighted by Gasteiger charge is 2.14. The van der Waals surface area contributed by atoms with Gasteiger partial charge >= 0.3 is 0 Å². The summed E-state index contributed by atoms with van der Waals surface area (Å²) in [6.07, 6.45) is 0.154. The van der Waals surface area contributed by atoms with Crippen molar-refractivity contribution in [2.45, 2.75) is 39.7 Å². The van der Waals surface area contributed by atoms with Crippen LogP contribution in [0.3, 0.4) is 0 Å². The minimum Gasteiger partial charge on any atom is -0.491 e. The van der Waals surface area contributed by atoms with Crippen LogP contribution >= 0.6 is 27.5 Å². The van der Waals surface area contributed by atoms with Gasteiger partial charge in [0.25, 0.3) is 0 Å². The molecule has 0 fully saturated rings. The molecule has 3 nitrogen and oxygen atoms in total. The van der Waals surface area contributed by atoms with Crippen molar-refractivity contribution in [3.05, 3.63) is 39.6 Å². The first kappa shape index (κ1) is 16.2. The van der Waals surface area contributed by atoms with Crippen molar-refractivity contribution in [2.24, 2.45) is 0 Å². The summed E-state index contributed by atoms with van der Waals surface area (Å²) in [4.78, 5) is 8.95. The molecule has 2 rings (SSSR count). The maximum atomic E-state index is 6.19. The average molecular weight is 370 g/mol. The molecule has 0 radical (unpaired) electrons. The van der Waals surface area contributed by atoms with E-state index in [1.165, 1.54) is 0 Å². The Kier molecular flexibility index (Phi) is 5.22. The molecule has 1 heterocycles. The van der Waals surface area contributed by atoms with E-state index < -0.39 is 0 Å². The molecule has 0 saturated heterocycles. The van der Waals surface area contributed by atoms with Crippen molar-refractivity contribution in [1.82, 2.24) is 9.97 Å². The van der Waals surface area contributed by atoms with Gasteiger partial charge in [0, 0.05) is 5.56 Å². The third-order valence-corrected chi connectivity index (χ3v) is 4.15. The molecule has 0 atom stereocenters. The molecule has 0 bridgehead atoms. The summed E-state index contributed by atoms with van der Waals surface area (Å²) in [5, 5.41) is 0.436. The number of nitrogens with zero attached hydrogens (tertiary/aromatic N) is 2. The van der Waals surface area contributed by atoms with Gasteiger partial charge < -0.3 is 4.74 Å². The molecule has 1 aromatic heterocycles. The number of hydrogen-bond donors (Lipinski definition) is 0. The predicted octanol–water partition coefficient (Wildman–Crippen LogP) is 5.47. The Morgan fingerprint density at radius 3 is 2.19 bits per heavy atom. The van der Waals surface area contributed by atoms with Crippen molar-refractivity contribution in [2.75, 3.05) is 0 Å². The highest BCUT2D eigenvalue weighted by molar-refractivity contribution is 9.10. The number of hydrogen-bond acceptors (Lipinski definition) is 3. The Labute approximate surface area is 138 Å². The van der Waals surface area contributed by atoms with Gasteiger partial charge in [0.15, 0.2) is 5.82 Å². The fourth-order valence-corrected chi connectivity index (χ4v) is 2.71. The molecule has 0 N–H and O–H groups in total. The molecule has 5 heteroatoms. The van der Waals surface area contributed by atoms with Crippen molar-refractivity contribution in [3.8, 4) is 17.1 Å². The SMILES string of the molecule is CC(C)Oc1ccc(-c2nc(Cl)c(Br)c(C(C)C)n2)cc1. The summed E-state index contributed by atoms with van der Waals surface area (Å²) in [6.45, 7) is 8.15. The zero-order valence-electron chi connectivity index (χ0n) is 12.5. The van der Waals surface area contributed by atoms with Gasteiger partial charge in [0.05, 0.1) is 16.3 Å². The molecule has 0 saturated carbocycles. The maximum absolute atomic E-state index is 6.19. The van der Waals surface area contributed by atoms with Crippen molar-refractivity contribution < 1.29 is 4.74 Å². The van der Waals surface area contributed by atoms with E-state index in [4.69, 9.17) is 16.3 Å². The van der Waals surface area contributed by atoms with Gasteiger partial charge in [-0.15, -0.1) is 0 Å². The Morgan fingerprint density at radius 2 is 1.67 bits per heavy atom. The van der Waals surface area contributed by atoms with E-state index in [1.807, 2.05) is 38.1 Å². The molecule has 0 aliphatic carbocycles. The lowest BCUT2D eigenvalue weighted by Gasteiger charge is -2.12. The normalized spacial score (nSPS) is 11.2. The Bertz CT molecular complexity index is 627. The molecule has 2 aromatic rings. The Hall–Kier alpha value is -1.13. The average Bonchev–Trinajstić information content (AvgIpc) is 2.41. The summed E-state index contributed by atoms with van der Waals surface area (Å²) in [5.74, 6) is 1.73. The van der Waals surface area contributed by atoms with Gasteiger partial charge in [-0.1, -0.05) is 25.4 Å².